The van der Waals surface area contributed by atoms with Crippen molar-refractivity contribution in [2.24, 2.45) is 29.1 Å². The van der Waals surface area contributed by atoms with Crippen molar-refractivity contribution in [2.45, 2.75) is 64.9 Å². The number of rotatable bonds is 2. The van der Waals surface area contributed by atoms with E-state index < -0.39 is 11.0 Å². The lowest BCUT2D eigenvalue weighted by atomic mass is 9.51. The minimum absolute atomic E-state index is 0.0676. The van der Waals surface area contributed by atoms with Crippen LogP contribution in [0.2, 0.25) is 0 Å². The fourth-order valence-electron chi connectivity index (χ4n) is 5.52. The van der Waals surface area contributed by atoms with E-state index in [2.05, 4.69) is 4.98 Å². The van der Waals surface area contributed by atoms with Crippen LogP contribution in [0.25, 0.3) is 0 Å². The summed E-state index contributed by atoms with van der Waals surface area (Å²) < 4.78 is 7.84. The molecule has 0 radical (unpaired) electrons. The second-order valence-electron chi connectivity index (χ2n) is 9.41. The smallest absolute Gasteiger partial charge is 0.311 e. The summed E-state index contributed by atoms with van der Waals surface area (Å²) in [6.45, 7) is 5.71. The summed E-state index contributed by atoms with van der Waals surface area (Å²) in [5.74, 6) is 1.19. The Morgan fingerprint density at radius 3 is 2.60 bits per heavy atom. The molecule has 5 atom stereocenters. The molecule has 5 unspecified atom stereocenters. The zero-order chi connectivity index (χ0) is 17.8. The van der Waals surface area contributed by atoms with Crippen LogP contribution in [0, 0.1) is 29.1 Å². The molecule has 4 rings (SSSR count). The van der Waals surface area contributed by atoms with Gasteiger partial charge in [0.2, 0.25) is 5.91 Å². The molecule has 3 saturated carbocycles. The minimum atomic E-state index is -0.512. The van der Waals surface area contributed by atoms with Crippen LogP contribution in [0.3, 0.4) is 0 Å². The van der Waals surface area contributed by atoms with Crippen LogP contribution < -0.4 is 0 Å². The zero-order valence-electron chi connectivity index (χ0n) is 15.4. The van der Waals surface area contributed by atoms with E-state index in [1.165, 1.54) is 6.42 Å². The summed E-state index contributed by atoms with van der Waals surface area (Å²) in [6.07, 6.45) is 11.1. The van der Waals surface area contributed by atoms with E-state index in [0.717, 1.165) is 32.1 Å². The number of aromatic nitrogens is 2. The Morgan fingerprint density at radius 1 is 1.16 bits per heavy atom. The molecule has 0 saturated heterocycles. The third-order valence-corrected chi connectivity index (χ3v) is 6.55. The molecule has 0 aromatic carbocycles. The molecule has 0 amide bonds. The number of carbonyl (C=O) groups is 2. The summed E-state index contributed by atoms with van der Waals surface area (Å²) in [5.41, 5.74) is -0.947. The van der Waals surface area contributed by atoms with Gasteiger partial charge in [0.1, 0.15) is 11.9 Å². The fraction of sp³-hybridized carbons (Fsp3) is 0.750. The Labute approximate surface area is 149 Å². The molecule has 5 nitrogen and oxygen atoms in total. The lowest BCUT2D eigenvalue weighted by molar-refractivity contribution is -0.207. The van der Waals surface area contributed by atoms with E-state index in [9.17, 15) is 9.59 Å². The van der Waals surface area contributed by atoms with Gasteiger partial charge in [0.15, 0.2) is 0 Å². The third-order valence-electron chi connectivity index (χ3n) is 6.55. The first-order valence-corrected chi connectivity index (χ1v) is 9.54. The molecule has 3 aliphatic carbocycles. The molecular weight excluding hydrogens is 316 g/mol. The summed E-state index contributed by atoms with van der Waals surface area (Å²) in [7, 11) is 0. The van der Waals surface area contributed by atoms with Crippen molar-refractivity contribution in [1.82, 2.24) is 9.55 Å². The summed E-state index contributed by atoms with van der Waals surface area (Å²) in [5, 5.41) is 0. The number of hydrogen-bond acceptors (Lipinski definition) is 4. The van der Waals surface area contributed by atoms with Crippen molar-refractivity contribution in [1.29, 1.82) is 0 Å². The number of carbonyl (C=O) groups excluding carboxylic acids is 2. The van der Waals surface area contributed by atoms with Crippen molar-refractivity contribution in [3.05, 3.63) is 18.7 Å². The van der Waals surface area contributed by atoms with Crippen molar-refractivity contribution in [3.63, 3.8) is 0 Å². The van der Waals surface area contributed by atoms with E-state index >= 15 is 0 Å². The van der Waals surface area contributed by atoms with Gasteiger partial charge in [-0.3, -0.25) is 14.2 Å². The highest BCUT2D eigenvalue weighted by atomic mass is 16.6. The topological polar surface area (TPSA) is 61.2 Å². The van der Waals surface area contributed by atoms with E-state index in [0.29, 0.717) is 11.8 Å². The van der Waals surface area contributed by atoms with Crippen LogP contribution in [0.15, 0.2) is 18.7 Å². The van der Waals surface area contributed by atoms with Gasteiger partial charge >= 0.3 is 5.97 Å². The molecule has 3 aliphatic rings. The lowest BCUT2D eigenvalue weighted by Crippen LogP contribution is -2.59. The number of ether oxygens (including phenoxy) is 1. The van der Waals surface area contributed by atoms with Crippen molar-refractivity contribution in [2.75, 3.05) is 0 Å². The van der Waals surface area contributed by atoms with Crippen LogP contribution in [-0.2, 0) is 9.53 Å². The average Bonchev–Trinajstić information content (AvgIpc) is 3.04. The van der Waals surface area contributed by atoms with Crippen LogP contribution in [0.5, 0.6) is 0 Å². The second-order valence-corrected chi connectivity index (χ2v) is 9.41. The molecule has 1 aromatic rings. The summed E-state index contributed by atoms with van der Waals surface area (Å²) >= 11 is 0. The molecule has 1 aromatic heterocycles. The molecule has 3 bridgehead atoms. The second kappa shape index (κ2) is 5.68. The number of fused-ring (bicyclic) bond motifs is 2. The largest absolute Gasteiger partial charge is 0.458 e. The zero-order valence-corrected chi connectivity index (χ0v) is 15.4. The van der Waals surface area contributed by atoms with Gasteiger partial charge in [0.05, 0.1) is 5.41 Å². The van der Waals surface area contributed by atoms with Crippen molar-refractivity contribution >= 4 is 11.9 Å². The number of nitrogens with zero attached hydrogens (tertiary/aromatic N) is 2. The van der Waals surface area contributed by atoms with Crippen LogP contribution >= 0.6 is 0 Å². The molecule has 0 N–H and O–H groups in total. The van der Waals surface area contributed by atoms with Crippen LogP contribution in [0.4, 0.5) is 0 Å². The highest BCUT2D eigenvalue weighted by Gasteiger charge is 2.59. The first-order valence-electron chi connectivity index (χ1n) is 9.54. The molecule has 0 spiro atoms. The highest BCUT2D eigenvalue weighted by Crippen LogP contribution is 2.59. The first kappa shape index (κ1) is 16.8. The Balaban J connectivity index is 1.66. The van der Waals surface area contributed by atoms with E-state index in [1.54, 1.807) is 23.3 Å². The average molecular weight is 344 g/mol. The molecular formula is C20H28N2O3. The van der Waals surface area contributed by atoms with E-state index in [1.807, 2.05) is 20.8 Å². The summed E-state index contributed by atoms with van der Waals surface area (Å²) in [6, 6.07) is 0. The predicted molar refractivity (Wildman–Crippen MR) is 92.8 cm³/mol. The van der Waals surface area contributed by atoms with Crippen molar-refractivity contribution in [3.8, 4) is 0 Å². The first-order chi connectivity index (χ1) is 11.8. The van der Waals surface area contributed by atoms with E-state index in [4.69, 9.17) is 4.74 Å². The fourth-order valence-corrected chi connectivity index (χ4v) is 5.52. The van der Waals surface area contributed by atoms with Gasteiger partial charge in [-0.25, -0.2) is 4.98 Å². The number of hydrogen-bond donors (Lipinski definition) is 0. The number of esters is 1. The molecule has 136 valence electrons. The van der Waals surface area contributed by atoms with Gasteiger partial charge in [-0.05, 0) is 71.1 Å². The van der Waals surface area contributed by atoms with Gasteiger partial charge in [-0.15, -0.1) is 0 Å². The summed E-state index contributed by atoms with van der Waals surface area (Å²) in [4.78, 5) is 29.8. The van der Waals surface area contributed by atoms with Gasteiger partial charge < -0.3 is 4.74 Å². The maximum Gasteiger partial charge on any atom is 0.311 e. The molecule has 25 heavy (non-hydrogen) atoms. The Kier molecular flexibility index (Phi) is 3.82. The van der Waals surface area contributed by atoms with Crippen LogP contribution in [0.1, 0.15) is 64.1 Å². The van der Waals surface area contributed by atoms with Crippen molar-refractivity contribution < 1.29 is 14.3 Å². The Hall–Kier alpha value is -1.65. The molecule has 3 fully saturated rings. The highest BCUT2D eigenvalue weighted by molar-refractivity contribution is 5.82. The number of imidazole rings is 1. The van der Waals surface area contributed by atoms with Gasteiger partial charge in [0, 0.05) is 24.2 Å². The molecule has 0 aliphatic heterocycles. The Bertz CT molecular complexity index is 672. The SMILES string of the molecule is CC(C)(C)C(=O)OC12CC3CCC1C(C(=O)n1ccnc1)CC(C3)C2. The van der Waals surface area contributed by atoms with Crippen LogP contribution in [-0.4, -0.2) is 27.0 Å². The van der Waals surface area contributed by atoms with Gasteiger partial charge in [-0.2, -0.15) is 0 Å². The molecule has 5 heteroatoms. The predicted octanol–water partition coefficient (Wildman–Crippen LogP) is 3.70. The van der Waals surface area contributed by atoms with E-state index in [-0.39, 0.29) is 23.7 Å². The normalized spacial score (nSPS) is 36.9. The maximum atomic E-state index is 13.1. The minimum Gasteiger partial charge on any atom is -0.458 e. The van der Waals surface area contributed by atoms with Gasteiger partial charge in [0.25, 0.3) is 0 Å². The Morgan fingerprint density at radius 2 is 1.92 bits per heavy atom. The monoisotopic (exact) mass is 344 g/mol. The van der Waals surface area contributed by atoms with Gasteiger partial charge in [-0.1, -0.05) is 0 Å². The lowest BCUT2D eigenvalue weighted by Gasteiger charge is -2.58. The molecule has 1 heterocycles. The standard InChI is InChI=1S/C20H28N2O3/c1-19(2,3)18(24)25-20-10-13-4-5-16(20)15(9-14(8-13)11-20)17(23)22-7-6-21-12-22/h6-7,12-16H,4-5,8-11H2,1-3H3. The maximum absolute atomic E-state index is 13.1. The third kappa shape index (κ3) is 2.81. The quantitative estimate of drug-likeness (QED) is 0.768.